The van der Waals surface area contributed by atoms with Gasteiger partial charge in [-0.25, -0.2) is 4.39 Å². The zero-order valence-electron chi connectivity index (χ0n) is 9.22. The summed E-state index contributed by atoms with van der Waals surface area (Å²) in [5.41, 5.74) is 0.565. The van der Waals surface area contributed by atoms with Gasteiger partial charge in [0, 0.05) is 11.6 Å². The number of benzene rings is 1. The molecule has 1 aliphatic rings. The number of hydrogen-bond donors (Lipinski definition) is 1. The first kappa shape index (κ1) is 11.7. The van der Waals surface area contributed by atoms with Gasteiger partial charge in [0.1, 0.15) is 11.6 Å². The van der Waals surface area contributed by atoms with Crippen LogP contribution in [0.1, 0.15) is 30.9 Å². The van der Waals surface area contributed by atoms with Crippen LogP contribution in [0.3, 0.4) is 0 Å². The van der Waals surface area contributed by atoms with Crippen LogP contribution < -0.4 is 10.1 Å². The van der Waals surface area contributed by atoms with Crippen molar-refractivity contribution < 1.29 is 9.13 Å². The van der Waals surface area contributed by atoms with E-state index in [1.807, 2.05) is 0 Å². The number of hydrogen-bond acceptors (Lipinski definition) is 2. The quantitative estimate of drug-likeness (QED) is 0.861. The van der Waals surface area contributed by atoms with Crippen molar-refractivity contribution in [2.75, 3.05) is 13.7 Å². The van der Waals surface area contributed by atoms with E-state index in [1.165, 1.54) is 19.2 Å². The Morgan fingerprint density at radius 3 is 2.88 bits per heavy atom. The predicted octanol–water partition coefficient (Wildman–Crippen LogP) is 3.30. The average molecular weight is 244 g/mol. The molecule has 0 amide bonds. The number of nitrogens with one attached hydrogen (secondary N) is 1. The predicted molar refractivity (Wildman–Crippen MR) is 62.6 cm³/mol. The highest BCUT2D eigenvalue weighted by Gasteiger charge is 2.23. The average Bonchev–Trinajstić information content (AvgIpc) is 2.33. The molecule has 1 heterocycles. The highest BCUT2D eigenvalue weighted by Crippen LogP contribution is 2.37. The standard InChI is InChI=1S/C12H15ClFNO/c1-16-12-8(13)5-6-9(14)11(12)10-4-2-3-7-15-10/h5-6,10,15H,2-4,7H2,1H3. The summed E-state index contributed by atoms with van der Waals surface area (Å²) in [6.45, 7) is 0.916. The molecule has 88 valence electrons. The molecule has 0 saturated carbocycles. The van der Waals surface area contributed by atoms with Gasteiger partial charge in [0.15, 0.2) is 0 Å². The van der Waals surface area contributed by atoms with E-state index in [0.717, 1.165) is 25.8 Å². The second kappa shape index (κ2) is 5.02. The third-order valence-electron chi connectivity index (χ3n) is 2.96. The monoisotopic (exact) mass is 243 g/mol. The first-order valence-corrected chi connectivity index (χ1v) is 5.87. The van der Waals surface area contributed by atoms with Crippen molar-refractivity contribution >= 4 is 11.6 Å². The Morgan fingerprint density at radius 2 is 2.25 bits per heavy atom. The van der Waals surface area contributed by atoms with Crippen LogP contribution in [0.25, 0.3) is 0 Å². The van der Waals surface area contributed by atoms with Crippen molar-refractivity contribution in [2.45, 2.75) is 25.3 Å². The van der Waals surface area contributed by atoms with Crippen molar-refractivity contribution in [1.82, 2.24) is 5.32 Å². The summed E-state index contributed by atoms with van der Waals surface area (Å²) in [6.07, 6.45) is 3.17. The fraction of sp³-hybridized carbons (Fsp3) is 0.500. The lowest BCUT2D eigenvalue weighted by Crippen LogP contribution is -2.28. The molecule has 0 aromatic heterocycles. The topological polar surface area (TPSA) is 21.3 Å². The molecular formula is C12H15ClFNO. The minimum absolute atomic E-state index is 0.0161. The van der Waals surface area contributed by atoms with E-state index in [0.29, 0.717) is 16.3 Å². The zero-order chi connectivity index (χ0) is 11.5. The minimum atomic E-state index is -0.249. The molecule has 1 atom stereocenters. The van der Waals surface area contributed by atoms with Gasteiger partial charge in [-0.3, -0.25) is 0 Å². The molecule has 16 heavy (non-hydrogen) atoms. The Balaban J connectivity index is 2.40. The molecule has 1 aliphatic heterocycles. The van der Waals surface area contributed by atoms with Crippen molar-refractivity contribution in [3.63, 3.8) is 0 Å². The molecule has 0 spiro atoms. The second-order valence-electron chi connectivity index (χ2n) is 3.98. The van der Waals surface area contributed by atoms with Crippen LogP contribution >= 0.6 is 11.6 Å². The van der Waals surface area contributed by atoms with Gasteiger partial charge in [-0.1, -0.05) is 18.0 Å². The lowest BCUT2D eigenvalue weighted by molar-refractivity contribution is 0.362. The van der Waals surface area contributed by atoms with Crippen LogP contribution in [-0.2, 0) is 0 Å². The fourth-order valence-corrected chi connectivity index (χ4v) is 2.42. The van der Waals surface area contributed by atoms with Crippen LogP contribution in [0.2, 0.25) is 5.02 Å². The van der Waals surface area contributed by atoms with Crippen molar-refractivity contribution in [1.29, 1.82) is 0 Å². The maximum Gasteiger partial charge on any atom is 0.145 e. The van der Waals surface area contributed by atoms with Gasteiger partial charge in [0.25, 0.3) is 0 Å². The molecule has 1 unspecified atom stereocenters. The minimum Gasteiger partial charge on any atom is -0.495 e. The van der Waals surface area contributed by atoms with E-state index in [4.69, 9.17) is 16.3 Å². The molecular weight excluding hydrogens is 229 g/mol. The van der Waals surface area contributed by atoms with E-state index in [1.54, 1.807) is 0 Å². The van der Waals surface area contributed by atoms with Crippen molar-refractivity contribution in [3.8, 4) is 5.75 Å². The first-order chi connectivity index (χ1) is 7.74. The van der Waals surface area contributed by atoms with Gasteiger partial charge in [0.05, 0.1) is 12.1 Å². The number of halogens is 2. The van der Waals surface area contributed by atoms with Gasteiger partial charge in [-0.2, -0.15) is 0 Å². The van der Waals surface area contributed by atoms with Crippen LogP contribution in [0.5, 0.6) is 5.75 Å². The third-order valence-corrected chi connectivity index (χ3v) is 3.26. The normalized spacial score (nSPS) is 20.8. The van der Waals surface area contributed by atoms with Gasteiger partial charge in [-0.15, -0.1) is 0 Å². The van der Waals surface area contributed by atoms with Crippen LogP contribution in [-0.4, -0.2) is 13.7 Å². The fourth-order valence-electron chi connectivity index (χ4n) is 2.18. The first-order valence-electron chi connectivity index (χ1n) is 5.49. The van der Waals surface area contributed by atoms with Crippen LogP contribution in [0, 0.1) is 5.82 Å². The molecule has 0 aliphatic carbocycles. The van der Waals surface area contributed by atoms with Crippen LogP contribution in [0.4, 0.5) is 4.39 Å². The second-order valence-corrected chi connectivity index (χ2v) is 4.39. The van der Waals surface area contributed by atoms with Gasteiger partial charge in [0.2, 0.25) is 0 Å². The van der Waals surface area contributed by atoms with E-state index in [2.05, 4.69) is 5.32 Å². The molecule has 0 radical (unpaired) electrons. The van der Waals surface area contributed by atoms with E-state index < -0.39 is 0 Å². The maximum absolute atomic E-state index is 13.8. The number of piperidine rings is 1. The molecule has 2 rings (SSSR count). The molecule has 0 bridgehead atoms. The van der Waals surface area contributed by atoms with Gasteiger partial charge in [-0.05, 0) is 31.5 Å². The Kier molecular flexibility index (Phi) is 3.66. The molecule has 4 heteroatoms. The maximum atomic E-state index is 13.8. The van der Waals surface area contributed by atoms with Crippen molar-refractivity contribution in [2.24, 2.45) is 0 Å². The van der Waals surface area contributed by atoms with E-state index >= 15 is 0 Å². The SMILES string of the molecule is COc1c(Cl)ccc(F)c1C1CCCCN1. The zero-order valence-corrected chi connectivity index (χ0v) is 9.98. The number of rotatable bonds is 2. The molecule has 1 aromatic carbocycles. The summed E-state index contributed by atoms with van der Waals surface area (Å²) >= 11 is 6.00. The Bertz CT molecular complexity index is 378. The number of ether oxygens (including phenoxy) is 1. The Labute approximate surface area is 99.7 Å². The molecule has 1 aromatic rings. The highest BCUT2D eigenvalue weighted by molar-refractivity contribution is 6.32. The van der Waals surface area contributed by atoms with E-state index in [9.17, 15) is 4.39 Å². The smallest absolute Gasteiger partial charge is 0.145 e. The summed E-state index contributed by atoms with van der Waals surface area (Å²) in [4.78, 5) is 0. The highest BCUT2D eigenvalue weighted by atomic mass is 35.5. The molecule has 1 saturated heterocycles. The van der Waals surface area contributed by atoms with E-state index in [-0.39, 0.29) is 11.9 Å². The molecule has 1 fully saturated rings. The molecule has 2 nitrogen and oxygen atoms in total. The van der Waals surface area contributed by atoms with Crippen molar-refractivity contribution in [3.05, 3.63) is 28.5 Å². The lowest BCUT2D eigenvalue weighted by atomic mass is 9.96. The third kappa shape index (κ3) is 2.15. The Hall–Kier alpha value is -0.800. The Morgan fingerprint density at radius 1 is 1.44 bits per heavy atom. The van der Waals surface area contributed by atoms with Gasteiger partial charge < -0.3 is 10.1 Å². The summed E-state index contributed by atoms with van der Waals surface area (Å²) in [6, 6.07) is 2.95. The number of methoxy groups -OCH3 is 1. The molecule has 1 N–H and O–H groups in total. The summed E-state index contributed by atoms with van der Waals surface area (Å²) in [7, 11) is 1.52. The lowest BCUT2D eigenvalue weighted by Gasteiger charge is -2.26. The van der Waals surface area contributed by atoms with Gasteiger partial charge >= 0.3 is 0 Å². The summed E-state index contributed by atoms with van der Waals surface area (Å²) in [5.74, 6) is 0.210. The largest absolute Gasteiger partial charge is 0.495 e. The van der Waals surface area contributed by atoms with Crippen LogP contribution in [0.15, 0.2) is 12.1 Å². The summed E-state index contributed by atoms with van der Waals surface area (Å²) < 4.78 is 19.0. The summed E-state index contributed by atoms with van der Waals surface area (Å²) in [5, 5.41) is 3.76.